The summed E-state index contributed by atoms with van der Waals surface area (Å²) in [5.74, 6) is -0.583. The lowest BCUT2D eigenvalue weighted by molar-refractivity contribution is -0.115. The normalized spacial score (nSPS) is 10.3. The zero-order valence-electron chi connectivity index (χ0n) is 11.7. The number of hydrogen-bond acceptors (Lipinski definition) is 6. The number of carbonyl (C=O) groups is 2. The number of benzene rings is 1. The van der Waals surface area contributed by atoms with Crippen LogP contribution < -0.4 is 5.32 Å². The highest BCUT2D eigenvalue weighted by molar-refractivity contribution is 7.99. The number of rotatable bonds is 6. The minimum atomic E-state index is -0.492. The Hall–Kier alpha value is -1.93. The Kier molecular flexibility index (Phi) is 5.91. The summed E-state index contributed by atoms with van der Waals surface area (Å²) >= 11 is 2.31. The number of nitrogens with zero attached hydrogens (tertiary/aromatic N) is 1. The second-order valence-corrected chi connectivity index (χ2v) is 6.27. The van der Waals surface area contributed by atoms with Gasteiger partial charge in [-0.15, -0.1) is 11.8 Å². The summed E-state index contributed by atoms with van der Waals surface area (Å²) in [6, 6.07) is 6.41. The van der Waals surface area contributed by atoms with Gasteiger partial charge in [0.05, 0.1) is 13.3 Å². The fraction of sp³-hybridized carbons (Fsp3) is 0.214. The minimum absolute atomic E-state index is 0.214. The number of anilines is 1. The minimum Gasteiger partial charge on any atom is -0.465 e. The molecule has 1 amide bonds. The van der Waals surface area contributed by atoms with Crippen molar-refractivity contribution in [2.24, 2.45) is 0 Å². The number of halogens is 1. The van der Waals surface area contributed by atoms with Gasteiger partial charge in [-0.05, 0) is 12.1 Å². The second kappa shape index (κ2) is 7.90. The summed E-state index contributed by atoms with van der Waals surface area (Å²) in [5, 5.41) is 2.93. The Balaban J connectivity index is 1.80. The van der Waals surface area contributed by atoms with Crippen LogP contribution in [0.25, 0.3) is 0 Å². The number of hydrogen-bond donors (Lipinski definition) is 1. The third-order valence-corrected chi connectivity index (χ3v) is 4.51. The van der Waals surface area contributed by atoms with Crippen LogP contribution in [0.2, 0.25) is 0 Å². The first kappa shape index (κ1) is 16.4. The number of thioether (sulfide) groups is 1. The second-order valence-electron chi connectivity index (χ2n) is 4.10. The molecule has 0 aliphatic heterocycles. The lowest BCUT2D eigenvalue weighted by Gasteiger charge is -2.03. The van der Waals surface area contributed by atoms with Gasteiger partial charge in [-0.3, -0.25) is 4.79 Å². The molecule has 0 saturated carbocycles. The first-order chi connectivity index (χ1) is 10.6. The van der Waals surface area contributed by atoms with E-state index < -0.39 is 5.97 Å². The van der Waals surface area contributed by atoms with E-state index in [1.165, 1.54) is 31.1 Å². The summed E-state index contributed by atoms with van der Waals surface area (Å²) in [6.07, 6.45) is 1.56. The van der Waals surface area contributed by atoms with E-state index in [1.807, 2.05) is 0 Å². The predicted molar refractivity (Wildman–Crippen MR) is 83.8 cm³/mol. The van der Waals surface area contributed by atoms with Crippen LogP contribution in [-0.4, -0.2) is 29.7 Å². The van der Waals surface area contributed by atoms with E-state index in [9.17, 15) is 14.0 Å². The van der Waals surface area contributed by atoms with Gasteiger partial charge < -0.3 is 10.1 Å². The summed E-state index contributed by atoms with van der Waals surface area (Å²) < 4.78 is 18.0. The molecule has 2 aromatic rings. The number of ether oxygens (including phenoxy) is 1. The predicted octanol–water partition coefficient (Wildman–Crippen LogP) is 3.19. The number of methoxy groups -OCH3 is 1. The average Bonchev–Trinajstić information content (AvgIpc) is 2.97. The maximum Gasteiger partial charge on any atom is 0.349 e. The van der Waals surface area contributed by atoms with Crippen molar-refractivity contribution in [2.45, 2.75) is 11.3 Å². The first-order valence-electron chi connectivity index (χ1n) is 6.31. The monoisotopic (exact) mass is 340 g/mol. The molecular formula is C14H13FN2O3S2. The Bertz CT molecular complexity index is 676. The fourth-order valence-corrected chi connectivity index (χ4v) is 3.16. The third kappa shape index (κ3) is 4.54. The van der Waals surface area contributed by atoms with Gasteiger partial charge in [-0.1, -0.05) is 23.5 Å². The summed E-state index contributed by atoms with van der Waals surface area (Å²) in [5.41, 5.74) is 0. The standard InChI is InChI=1S/C14H13FN2O3S2/c1-20-13(19)11-8-16-14(22-11)17-12(18)6-7-21-10-5-3-2-4-9(10)15/h2-5,8H,6-7H2,1H3,(H,16,17,18). The molecule has 0 aliphatic carbocycles. The van der Waals surface area contributed by atoms with Crippen molar-refractivity contribution >= 4 is 40.1 Å². The van der Waals surface area contributed by atoms with Gasteiger partial charge >= 0.3 is 5.97 Å². The van der Waals surface area contributed by atoms with Gasteiger partial charge in [0, 0.05) is 17.1 Å². The number of nitrogens with one attached hydrogen (secondary N) is 1. The number of esters is 1. The lowest BCUT2D eigenvalue weighted by Crippen LogP contribution is -2.11. The van der Waals surface area contributed by atoms with E-state index in [0.29, 0.717) is 20.7 Å². The summed E-state index contributed by atoms with van der Waals surface area (Å²) in [7, 11) is 1.28. The molecule has 0 spiro atoms. The number of carbonyl (C=O) groups excluding carboxylic acids is 2. The molecule has 0 atom stereocenters. The van der Waals surface area contributed by atoms with Gasteiger partial charge in [0.2, 0.25) is 5.91 Å². The first-order valence-corrected chi connectivity index (χ1v) is 8.11. The molecule has 1 aromatic heterocycles. The molecule has 5 nitrogen and oxygen atoms in total. The molecule has 116 valence electrons. The van der Waals surface area contributed by atoms with E-state index in [1.54, 1.807) is 18.2 Å². The molecule has 22 heavy (non-hydrogen) atoms. The van der Waals surface area contributed by atoms with Crippen LogP contribution in [0.5, 0.6) is 0 Å². The maximum absolute atomic E-state index is 13.4. The fourth-order valence-electron chi connectivity index (χ4n) is 1.52. The van der Waals surface area contributed by atoms with Crippen LogP contribution in [0.15, 0.2) is 35.4 Å². The number of amides is 1. The van der Waals surface area contributed by atoms with Crippen molar-refractivity contribution in [1.29, 1.82) is 0 Å². The van der Waals surface area contributed by atoms with Gasteiger partial charge in [0.25, 0.3) is 0 Å². The zero-order chi connectivity index (χ0) is 15.9. The maximum atomic E-state index is 13.4. The Labute approximate surface area is 134 Å². The highest BCUT2D eigenvalue weighted by Crippen LogP contribution is 2.22. The molecule has 2 rings (SSSR count). The molecule has 1 heterocycles. The van der Waals surface area contributed by atoms with Crippen molar-refractivity contribution in [2.75, 3.05) is 18.2 Å². The van der Waals surface area contributed by atoms with Crippen LogP contribution in [0.1, 0.15) is 16.1 Å². The summed E-state index contributed by atoms with van der Waals surface area (Å²) in [6.45, 7) is 0. The molecule has 0 unspecified atom stereocenters. The van der Waals surface area contributed by atoms with Crippen molar-refractivity contribution in [3.05, 3.63) is 41.2 Å². The SMILES string of the molecule is COC(=O)c1cnc(NC(=O)CCSc2ccccc2F)s1. The lowest BCUT2D eigenvalue weighted by atomic mass is 10.3. The van der Waals surface area contributed by atoms with Crippen molar-refractivity contribution in [3.63, 3.8) is 0 Å². The Morgan fingerprint density at radius 2 is 2.18 bits per heavy atom. The topological polar surface area (TPSA) is 68.3 Å². The van der Waals surface area contributed by atoms with E-state index in [2.05, 4.69) is 15.0 Å². The highest BCUT2D eigenvalue weighted by Gasteiger charge is 2.12. The molecule has 0 radical (unpaired) electrons. The van der Waals surface area contributed by atoms with Gasteiger partial charge in [0.15, 0.2) is 5.13 Å². The highest BCUT2D eigenvalue weighted by atomic mass is 32.2. The molecule has 0 aliphatic rings. The van der Waals surface area contributed by atoms with Gasteiger partial charge in [-0.25, -0.2) is 14.2 Å². The molecule has 0 fully saturated rings. The van der Waals surface area contributed by atoms with Crippen LogP contribution in [0.3, 0.4) is 0 Å². The molecule has 8 heteroatoms. The smallest absolute Gasteiger partial charge is 0.349 e. The number of aromatic nitrogens is 1. The third-order valence-electron chi connectivity index (χ3n) is 2.56. The van der Waals surface area contributed by atoms with Crippen LogP contribution in [-0.2, 0) is 9.53 Å². The quantitative estimate of drug-likeness (QED) is 0.646. The van der Waals surface area contributed by atoms with Crippen LogP contribution in [0.4, 0.5) is 9.52 Å². The van der Waals surface area contributed by atoms with Crippen LogP contribution >= 0.6 is 23.1 Å². The van der Waals surface area contributed by atoms with Gasteiger partial charge in [0.1, 0.15) is 10.7 Å². The van der Waals surface area contributed by atoms with Crippen LogP contribution in [0, 0.1) is 5.82 Å². The summed E-state index contributed by atoms with van der Waals surface area (Å²) in [4.78, 5) is 27.8. The van der Waals surface area contributed by atoms with Crippen molar-refractivity contribution < 1.29 is 18.7 Å². The van der Waals surface area contributed by atoms with E-state index in [0.717, 1.165) is 11.3 Å². The molecule has 0 bridgehead atoms. The average molecular weight is 340 g/mol. The Morgan fingerprint density at radius 3 is 2.91 bits per heavy atom. The molecule has 1 aromatic carbocycles. The largest absolute Gasteiger partial charge is 0.465 e. The zero-order valence-corrected chi connectivity index (χ0v) is 13.3. The van der Waals surface area contributed by atoms with Crippen molar-refractivity contribution in [1.82, 2.24) is 4.98 Å². The number of thiazole rings is 1. The molecule has 1 N–H and O–H groups in total. The van der Waals surface area contributed by atoms with E-state index in [-0.39, 0.29) is 18.1 Å². The van der Waals surface area contributed by atoms with E-state index >= 15 is 0 Å². The van der Waals surface area contributed by atoms with E-state index in [4.69, 9.17) is 0 Å². The van der Waals surface area contributed by atoms with Gasteiger partial charge in [-0.2, -0.15) is 0 Å². The molecule has 0 saturated heterocycles. The molecular weight excluding hydrogens is 327 g/mol. The van der Waals surface area contributed by atoms with Crippen molar-refractivity contribution in [3.8, 4) is 0 Å². The Morgan fingerprint density at radius 1 is 1.41 bits per heavy atom.